The predicted octanol–water partition coefficient (Wildman–Crippen LogP) is 10.0. The lowest BCUT2D eigenvalue weighted by molar-refractivity contribution is 1.05. The number of rotatable bonds is 3. The molecule has 6 aromatic carbocycles. The summed E-state index contributed by atoms with van der Waals surface area (Å²) in [6.45, 7) is 0. The lowest BCUT2D eigenvalue weighted by Gasteiger charge is -2.13. The average Bonchev–Trinajstić information content (AvgIpc) is 3.69. The molecule has 0 spiro atoms. The summed E-state index contributed by atoms with van der Waals surface area (Å²) in [4.78, 5) is 15.7. The van der Waals surface area contributed by atoms with Gasteiger partial charge < -0.3 is 0 Å². The second-order valence-corrected chi connectivity index (χ2v) is 11.7. The minimum absolute atomic E-state index is 0.679. The van der Waals surface area contributed by atoms with Gasteiger partial charge in [-0.2, -0.15) is 0 Å². The Kier molecular flexibility index (Phi) is 5.22. The molecule has 0 atom stereocenters. The highest BCUT2D eigenvalue weighted by Gasteiger charge is 2.22. The Balaban J connectivity index is 1.41. The molecule has 0 saturated carbocycles. The highest BCUT2D eigenvalue weighted by atomic mass is 15.1. The fraction of sp³-hybridized carbons (Fsp3) is 0. The first-order chi connectivity index (χ1) is 22.8. The monoisotopic (exact) mass is 587 g/mol. The van der Waals surface area contributed by atoms with Gasteiger partial charge in [0.15, 0.2) is 11.5 Å². The van der Waals surface area contributed by atoms with E-state index in [0.717, 1.165) is 66.5 Å². The third-order valence-electron chi connectivity index (χ3n) is 9.11. The van der Waals surface area contributed by atoms with E-state index in [4.69, 9.17) is 15.0 Å². The van der Waals surface area contributed by atoms with E-state index in [0.29, 0.717) is 5.82 Å². The first-order valence-corrected chi connectivity index (χ1v) is 15.5. The van der Waals surface area contributed by atoms with Gasteiger partial charge >= 0.3 is 0 Å². The zero-order valence-electron chi connectivity index (χ0n) is 24.7. The van der Waals surface area contributed by atoms with Gasteiger partial charge in [0.2, 0.25) is 0 Å². The van der Waals surface area contributed by atoms with Crippen LogP contribution in [0.2, 0.25) is 0 Å². The zero-order chi connectivity index (χ0) is 30.2. The van der Waals surface area contributed by atoms with Gasteiger partial charge in [-0.3, -0.25) is 8.97 Å². The van der Waals surface area contributed by atoms with Crippen molar-refractivity contribution < 1.29 is 0 Å². The molecular weight excluding hydrogens is 562 g/mol. The third-order valence-corrected chi connectivity index (χ3v) is 9.11. The fourth-order valence-electron chi connectivity index (χ4n) is 7.04. The lowest BCUT2D eigenvalue weighted by atomic mass is 10.1. The maximum Gasteiger partial charge on any atom is 0.163 e. The third kappa shape index (κ3) is 3.60. The normalized spacial score (nSPS) is 11.9. The molecule has 0 bridgehead atoms. The second-order valence-electron chi connectivity index (χ2n) is 11.7. The standard InChI is InChI=1S/C41H25N5/c1-3-13-28(14-4-1)35-25-36(44-40(42-35)29-15-5-2-6-16-29)46-37-30-17-9-7-11-26(30)19-21-32(37)33-23-24-45-38-31-18-10-8-12-27(31)20-22-34(38)43-41(45)39(33)46/h1-25H. The van der Waals surface area contributed by atoms with Crippen molar-refractivity contribution in [3.8, 4) is 28.5 Å². The Morgan fingerprint density at radius 3 is 1.83 bits per heavy atom. The molecule has 0 aliphatic carbocycles. The molecule has 0 amide bonds. The molecular formula is C41H25N5. The summed E-state index contributed by atoms with van der Waals surface area (Å²) in [5.74, 6) is 1.48. The van der Waals surface area contributed by atoms with Crippen molar-refractivity contribution in [3.05, 3.63) is 152 Å². The van der Waals surface area contributed by atoms with Gasteiger partial charge in [0, 0.05) is 44.9 Å². The van der Waals surface area contributed by atoms with Gasteiger partial charge in [-0.05, 0) is 22.9 Å². The van der Waals surface area contributed by atoms with Crippen LogP contribution in [0.4, 0.5) is 0 Å². The number of benzene rings is 6. The molecule has 5 heteroatoms. The molecule has 0 saturated heterocycles. The Hall–Kier alpha value is -6.33. The quantitative estimate of drug-likeness (QED) is 0.207. The fourth-order valence-corrected chi connectivity index (χ4v) is 7.04. The first kappa shape index (κ1) is 25.0. The molecule has 0 aliphatic rings. The van der Waals surface area contributed by atoms with Crippen LogP contribution < -0.4 is 0 Å². The maximum atomic E-state index is 5.31. The maximum absolute atomic E-state index is 5.31. The van der Waals surface area contributed by atoms with Crippen LogP contribution in [-0.4, -0.2) is 23.9 Å². The number of hydrogen-bond acceptors (Lipinski definition) is 3. The van der Waals surface area contributed by atoms with Crippen LogP contribution in [-0.2, 0) is 0 Å². The molecule has 0 radical (unpaired) electrons. The van der Waals surface area contributed by atoms with E-state index in [1.807, 2.05) is 24.3 Å². The van der Waals surface area contributed by atoms with Gasteiger partial charge in [0.25, 0.3) is 0 Å². The number of fused-ring (bicyclic) bond motifs is 11. The number of nitrogens with zero attached hydrogens (tertiary/aromatic N) is 5. The van der Waals surface area contributed by atoms with Crippen molar-refractivity contribution in [1.29, 1.82) is 0 Å². The number of aromatic nitrogens is 5. The van der Waals surface area contributed by atoms with Crippen LogP contribution >= 0.6 is 0 Å². The second kappa shape index (κ2) is 9.58. The summed E-state index contributed by atoms with van der Waals surface area (Å²) >= 11 is 0. The van der Waals surface area contributed by atoms with Crippen molar-refractivity contribution in [2.75, 3.05) is 0 Å². The molecule has 0 fully saturated rings. The Morgan fingerprint density at radius 1 is 0.435 bits per heavy atom. The summed E-state index contributed by atoms with van der Waals surface area (Å²) in [5, 5.41) is 7.01. The number of hydrogen-bond donors (Lipinski definition) is 0. The molecule has 5 nitrogen and oxygen atoms in total. The Morgan fingerprint density at radius 2 is 1.07 bits per heavy atom. The topological polar surface area (TPSA) is 48.0 Å². The Bertz CT molecular complexity index is 2740. The van der Waals surface area contributed by atoms with Gasteiger partial charge in [-0.1, -0.05) is 127 Å². The predicted molar refractivity (Wildman–Crippen MR) is 189 cm³/mol. The molecule has 4 heterocycles. The van der Waals surface area contributed by atoms with Crippen molar-refractivity contribution in [3.63, 3.8) is 0 Å². The summed E-state index contributed by atoms with van der Waals surface area (Å²) in [5.41, 5.74) is 7.96. The van der Waals surface area contributed by atoms with E-state index in [1.54, 1.807) is 0 Å². The summed E-state index contributed by atoms with van der Waals surface area (Å²) in [6, 6.07) is 50.8. The van der Waals surface area contributed by atoms with Crippen LogP contribution in [0.3, 0.4) is 0 Å². The van der Waals surface area contributed by atoms with Crippen LogP contribution in [0.5, 0.6) is 0 Å². The van der Waals surface area contributed by atoms with Crippen molar-refractivity contribution in [1.82, 2.24) is 23.9 Å². The van der Waals surface area contributed by atoms with Crippen LogP contribution in [0.25, 0.3) is 88.5 Å². The molecule has 10 aromatic rings. The SMILES string of the molecule is c1ccc(-c2cc(-n3c4c5ccccc5ccc4c4ccn5c(nc6ccc7ccccc7c65)c43)nc(-c3ccccc3)n2)cc1. The van der Waals surface area contributed by atoms with Gasteiger partial charge in [0.05, 0.1) is 27.8 Å². The summed E-state index contributed by atoms with van der Waals surface area (Å²) < 4.78 is 4.56. The highest BCUT2D eigenvalue weighted by molar-refractivity contribution is 6.21. The Labute approximate surface area is 263 Å². The zero-order valence-corrected chi connectivity index (χ0v) is 24.7. The van der Waals surface area contributed by atoms with Crippen molar-refractivity contribution in [2.45, 2.75) is 0 Å². The molecule has 4 aromatic heterocycles. The number of imidazole rings is 1. The van der Waals surface area contributed by atoms with E-state index in [-0.39, 0.29) is 0 Å². The first-order valence-electron chi connectivity index (χ1n) is 15.5. The van der Waals surface area contributed by atoms with Crippen molar-refractivity contribution in [2.24, 2.45) is 0 Å². The van der Waals surface area contributed by atoms with E-state index in [9.17, 15) is 0 Å². The minimum Gasteiger partial charge on any atom is -0.297 e. The van der Waals surface area contributed by atoms with E-state index in [2.05, 4.69) is 136 Å². The van der Waals surface area contributed by atoms with Gasteiger partial charge in [0.1, 0.15) is 5.82 Å². The van der Waals surface area contributed by atoms with E-state index >= 15 is 0 Å². The minimum atomic E-state index is 0.679. The van der Waals surface area contributed by atoms with Crippen LogP contribution in [0.1, 0.15) is 0 Å². The van der Waals surface area contributed by atoms with E-state index < -0.39 is 0 Å². The summed E-state index contributed by atoms with van der Waals surface area (Å²) in [7, 11) is 0. The smallest absolute Gasteiger partial charge is 0.163 e. The summed E-state index contributed by atoms with van der Waals surface area (Å²) in [6.07, 6.45) is 2.17. The van der Waals surface area contributed by atoms with E-state index in [1.165, 1.54) is 16.2 Å². The molecule has 46 heavy (non-hydrogen) atoms. The highest BCUT2D eigenvalue weighted by Crippen LogP contribution is 2.40. The van der Waals surface area contributed by atoms with Crippen LogP contribution in [0.15, 0.2) is 152 Å². The van der Waals surface area contributed by atoms with Crippen LogP contribution in [0, 0.1) is 0 Å². The van der Waals surface area contributed by atoms with Gasteiger partial charge in [-0.15, -0.1) is 0 Å². The molecule has 0 aliphatic heterocycles. The lowest BCUT2D eigenvalue weighted by Crippen LogP contribution is -2.03. The van der Waals surface area contributed by atoms with Crippen molar-refractivity contribution >= 4 is 60.0 Å². The molecule has 10 rings (SSSR count). The molecule has 0 N–H and O–H groups in total. The number of pyridine rings is 1. The van der Waals surface area contributed by atoms with Gasteiger partial charge in [-0.25, -0.2) is 15.0 Å². The largest absolute Gasteiger partial charge is 0.297 e. The molecule has 0 unspecified atom stereocenters. The average molecular weight is 588 g/mol. The molecule has 214 valence electrons.